The van der Waals surface area contributed by atoms with Crippen LogP contribution in [0.25, 0.3) is 0 Å². The summed E-state index contributed by atoms with van der Waals surface area (Å²) >= 11 is 1.80. The van der Waals surface area contributed by atoms with Gasteiger partial charge >= 0.3 is 0 Å². The van der Waals surface area contributed by atoms with E-state index < -0.39 is 0 Å². The van der Waals surface area contributed by atoms with Crippen molar-refractivity contribution in [2.24, 2.45) is 0 Å². The van der Waals surface area contributed by atoms with Gasteiger partial charge in [-0.3, -0.25) is 0 Å². The first-order valence-electron chi connectivity index (χ1n) is 6.83. The molecule has 100 valence electrons. The first-order valence-corrected chi connectivity index (χ1v) is 8.06. The van der Waals surface area contributed by atoms with Crippen molar-refractivity contribution in [2.45, 2.75) is 43.7 Å². The summed E-state index contributed by atoms with van der Waals surface area (Å²) in [4.78, 5) is 3.90. The van der Waals surface area contributed by atoms with Crippen LogP contribution in [0.15, 0.2) is 29.2 Å². The maximum atomic E-state index is 3.68. The van der Waals surface area contributed by atoms with Gasteiger partial charge in [-0.1, -0.05) is 6.07 Å². The molecule has 2 rings (SSSR count). The molecule has 1 aromatic carbocycles. The van der Waals surface area contributed by atoms with Crippen molar-refractivity contribution in [3.05, 3.63) is 24.3 Å². The van der Waals surface area contributed by atoms with Crippen LogP contribution >= 0.6 is 11.8 Å². The van der Waals surface area contributed by atoms with Crippen LogP contribution in [0.5, 0.6) is 0 Å². The molecule has 0 aromatic heterocycles. The van der Waals surface area contributed by atoms with Crippen LogP contribution in [0.3, 0.4) is 0 Å². The fourth-order valence-corrected chi connectivity index (χ4v) is 2.97. The molecule has 3 heteroatoms. The van der Waals surface area contributed by atoms with E-state index in [0.29, 0.717) is 12.1 Å². The number of benzene rings is 1. The third-order valence-corrected chi connectivity index (χ3v) is 4.43. The highest BCUT2D eigenvalue weighted by Gasteiger charge is 2.20. The Labute approximate surface area is 115 Å². The summed E-state index contributed by atoms with van der Waals surface area (Å²) in [5.74, 6) is 0. The lowest BCUT2D eigenvalue weighted by Crippen LogP contribution is -2.42. The van der Waals surface area contributed by atoms with Crippen LogP contribution in [0.4, 0.5) is 5.69 Å². The van der Waals surface area contributed by atoms with Crippen molar-refractivity contribution in [3.8, 4) is 0 Å². The highest BCUT2D eigenvalue weighted by molar-refractivity contribution is 7.98. The SMILES string of the molecule is CSc1cccc(NC2CCN(C(C)C)CC2)c1. The normalized spacial score (nSPS) is 18.2. The number of nitrogens with zero attached hydrogens (tertiary/aromatic N) is 1. The Morgan fingerprint density at radius 1 is 1.28 bits per heavy atom. The van der Waals surface area contributed by atoms with E-state index in [1.807, 2.05) is 0 Å². The van der Waals surface area contributed by atoms with E-state index in [9.17, 15) is 0 Å². The molecule has 0 spiro atoms. The third-order valence-electron chi connectivity index (χ3n) is 3.70. The van der Waals surface area contributed by atoms with E-state index in [1.165, 1.54) is 36.5 Å². The van der Waals surface area contributed by atoms with Crippen molar-refractivity contribution in [1.82, 2.24) is 4.90 Å². The zero-order valence-corrected chi connectivity index (χ0v) is 12.5. The van der Waals surface area contributed by atoms with Crippen LogP contribution in [-0.2, 0) is 0 Å². The van der Waals surface area contributed by atoms with Crippen LogP contribution in [0, 0.1) is 0 Å². The average molecular weight is 264 g/mol. The molecule has 2 nitrogen and oxygen atoms in total. The zero-order valence-electron chi connectivity index (χ0n) is 11.6. The molecule has 1 aliphatic heterocycles. The molecule has 0 amide bonds. The summed E-state index contributed by atoms with van der Waals surface area (Å²) in [5.41, 5.74) is 1.27. The van der Waals surface area contributed by atoms with Gasteiger partial charge in [-0.2, -0.15) is 0 Å². The predicted molar refractivity (Wildman–Crippen MR) is 81.6 cm³/mol. The number of thioether (sulfide) groups is 1. The van der Waals surface area contributed by atoms with Crippen LogP contribution in [0.1, 0.15) is 26.7 Å². The molecule has 0 radical (unpaired) electrons. The van der Waals surface area contributed by atoms with Gasteiger partial charge in [0.05, 0.1) is 0 Å². The van der Waals surface area contributed by atoms with Gasteiger partial charge in [0.15, 0.2) is 0 Å². The minimum atomic E-state index is 0.636. The van der Waals surface area contributed by atoms with E-state index >= 15 is 0 Å². The van der Waals surface area contributed by atoms with Gasteiger partial charge in [0.1, 0.15) is 0 Å². The summed E-state index contributed by atoms with van der Waals surface area (Å²) in [5, 5.41) is 3.68. The van der Waals surface area contributed by atoms with E-state index in [-0.39, 0.29) is 0 Å². The maximum absolute atomic E-state index is 3.68. The van der Waals surface area contributed by atoms with E-state index in [4.69, 9.17) is 0 Å². The molecule has 0 saturated carbocycles. The summed E-state index contributed by atoms with van der Waals surface area (Å²) in [7, 11) is 0. The van der Waals surface area contributed by atoms with Crippen LogP contribution in [0.2, 0.25) is 0 Å². The summed E-state index contributed by atoms with van der Waals surface area (Å²) in [6.45, 7) is 7.01. The molecule has 1 aromatic rings. The molecule has 1 aliphatic rings. The third kappa shape index (κ3) is 3.66. The number of nitrogens with one attached hydrogen (secondary N) is 1. The monoisotopic (exact) mass is 264 g/mol. The van der Waals surface area contributed by atoms with Gasteiger partial charge in [-0.15, -0.1) is 11.8 Å². The second-order valence-electron chi connectivity index (χ2n) is 5.28. The highest BCUT2D eigenvalue weighted by atomic mass is 32.2. The van der Waals surface area contributed by atoms with E-state index in [1.54, 1.807) is 11.8 Å². The Bertz CT molecular complexity index is 371. The molecule has 1 N–H and O–H groups in total. The molecule has 18 heavy (non-hydrogen) atoms. The number of piperidine rings is 1. The van der Waals surface area contributed by atoms with Crippen LogP contribution in [-0.4, -0.2) is 36.3 Å². The molecule has 1 heterocycles. The summed E-state index contributed by atoms with van der Waals surface area (Å²) < 4.78 is 0. The largest absolute Gasteiger partial charge is 0.382 e. The quantitative estimate of drug-likeness (QED) is 0.835. The molecular weight excluding hydrogens is 240 g/mol. The standard InChI is InChI=1S/C15H24N2S/c1-12(2)17-9-7-13(8-10-17)16-14-5-4-6-15(11-14)18-3/h4-6,11-13,16H,7-10H2,1-3H3. The van der Waals surface area contributed by atoms with Gasteiger partial charge in [-0.25, -0.2) is 0 Å². The Balaban J connectivity index is 1.87. The van der Waals surface area contributed by atoms with Crippen molar-refractivity contribution in [2.75, 3.05) is 24.7 Å². The Morgan fingerprint density at radius 2 is 2.00 bits per heavy atom. The lowest BCUT2D eigenvalue weighted by molar-refractivity contribution is 0.177. The van der Waals surface area contributed by atoms with Crippen LogP contribution < -0.4 is 5.32 Å². The average Bonchev–Trinajstić information content (AvgIpc) is 2.39. The first-order chi connectivity index (χ1) is 8.69. The lowest BCUT2D eigenvalue weighted by atomic mass is 10.0. The summed E-state index contributed by atoms with van der Waals surface area (Å²) in [6.07, 6.45) is 4.63. The number of hydrogen-bond acceptors (Lipinski definition) is 3. The van der Waals surface area contributed by atoms with Crippen molar-refractivity contribution < 1.29 is 0 Å². The predicted octanol–water partition coefficient (Wildman–Crippen LogP) is 3.69. The van der Waals surface area contributed by atoms with Gasteiger partial charge in [0.25, 0.3) is 0 Å². The molecule has 0 unspecified atom stereocenters. The smallest absolute Gasteiger partial charge is 0.0353 e. The van der Waals surface area contributed by atoms with E-state index in [0.717, 1.165) is 0 Å². The topological polar surface area (TPSA) is 15.3 Å². The van der Waals surface area contributed by atoms with Gasteiger partial charge in [0.2, 0.25) is 0 Å². The van der Waals surface area contributed by atoms with Gasteiger partial charge < -0.3 is 10.2 Å². The molecule has 1 saturated heterocycles. The molecule has 1 fully saturated rings. The summed E-state index contributed by atoms with van der Waals surface area (Å²) in [6, 6.07) is 10.0. The maximum Gasteiger partial charge on any atom is 0.0353 e. The number of rotatable bonds is 4. The Morgan fingerprint density at radius 3 is 2.61 bits per heavy atom. The molecule has 0 bridgehead atoms. The molecule has 0 aliphatic carbocycles. The fraction of sp³-hybridized carbons (Fsp3) is 0.600. The second-order valence-corrected chi connectivity index (χ2v) is 6.16. The number of likely N-dealkylation sites (tertiary alicyclic amines) is 1. The van der Waals surface area contributed by atoms with Gasteiger partial charge in [-0.05, 0) is 51.1 Å². The minimum Gasteiger partial charge on any atom is -0.382 e. The second kappa shape index (κ2) is 6.48. The lowest BCUT2D eigenvalue weighted by Gasteiger charge is -2.35. The minimum absolute atomic E-state index is 0.636. The Hall–Kier alpha value is -0.670. The van der Waals surface area contributed by atoms with E-state index in [2.05, 4.69) is 54.6 Å². The van der Waals surface area contributed by atoms with Crippen molar-refractivity contribution >= 4 is 17.4 Å². The molecular formula is C15H24N2S. The number of anilines is 1. The molecule has 0 atom stereocenters. The fourth-order valence-electron chi connectivity index (χ4n) is 2.51. The highest BCUT2D eigenvalue weighted by Crippen LogP contribution is 2.22. The van der Waals surface area contributed by atoms with Crippen molar-refractivity contribution in [1.29, 1.82) is 0 Å². The number of hydrogen-bond donors (Lipinski definition) is 1. The zero-order chi connectivity index (χ0) is 13.0. The van der Waals surface area contributed by atoms with Gasteiger partial charge in [0, 0.05) is 35.8 Å². The Kier molecular flexibility index (Phi) is 4.95. The first kappa shape index (κ1) is 13.8. The van der Waals surface area contributed by atoms with Crippen molar-refractivity contribution in [3.63, 3.8) is 0 Å².